The lowest BCUT2D eigenvalue weighted by Gasteiger charge is -2.54. The fourth-order valence-corrected chi connectivity index (χ4v) is 6.89. The molecule has 0 N–H and O–H groups in total. The van der Waals surface area contributed by atoms with E-state index in [4.69, 9.17) is 28.4 Å². The van der Waals surface area contributed by atoms with Gasteiger partial charge in [-0.1, -0.05) is 12.5 Å². The van der Waals surface area contributed by atoms with Crippen LogP contribution in [0.2, 0.25) is 0 Å². The molecule has 9 atom stereocenters. The van der Waals surface area contributed by atoms with Crippen molar-refractivity contribution >= 4 is 29.8 Å². The smallest absolute Gasteiger partial charge is 0.334 e. The topological polar surface area (TPSA) is 144 Å². The maximum atomic E-state index is 12.8. The van der Waals surface area contributed by atoms with Gasteiger partial charge in [-0.3, -0.25) is 19.2 Å². The van der Waals surface area contributed by atoms with Gasteiger partial charge in [0.1, 0.15) is 30.5 Å². The van der Waals surface area contributed by atoms with Crippen LogP contribution < -0.4 is 0 Å². The van der Waals surface area contributed by atoms with Gasteiger partial charge < -0.3 is 28.4 Å². The van der Waals surface area contributed by atoms with Crippen LogP contribution in [0.1, 0.15) is 68.2 Å². The highest BCUT2D eigenvalue weighted by molar-refractivity contribution is 5.92. The summed E-state index contributed by atoms with van der Waals surface area (Å²) in [6.07, 6.45) is -3.24. The first-order valence-corrected chi connectivity index (χ1v) is 13.0. The summed E-state index contributed by atoms with van der Waals surface area (Å²) in [6.45, 7) is 12.0. The van der Waals surface area contributed by atoms with Gasteiger partial charge in [-0.15, -0.1) is 0 Å². The summed E-state index contributed by atoms with van der Waals surface area (Å²) in [7, 11) is 0. The number of fused-ring (bicyclic) bond motifs is 4. The second-order valence-electron chi connectivity index (χ2n) is 11.3. The van der Waals surface area contributed by atoms with Crippen LogP contribution in [0, 0.1) is 11.3 Å². The fraction of sp³-hybridized carbons (Fsp3) is 0.679. The van der Waals surface area contributed by atoms with Crippen molar-refractivity contribution in [2.45, 2.75) is 110 Å². The van der Waals surface area contributed by atoms with E-state index in [1.807, 2.05) is 6.92 Å². The number of carbonyl (C=O) groups excluding carboxylic acids is 5. The van der Waals surface area contributed by atoms with E-state index in [0.29, 0.717) is 11.1 Å². The molecule has 0 bridgehead atoms. The van der Waals surface area contributed by atoms with Crippen molar-refractivity contribution in [1.29, 1.82) is 0 Å². The van der Waals surface area contributed by atoms with Gasteiger partial charge in [0.25, 0.3) is 0 Å². The molecule has 214 valence electrons. The normalized spacial score (nSPS) is 40.5. The Hall–Kier alpha value is -3.21. The Morgan fingerprint density at radius 1 is 0.897 bits per heavy atom. The van der Waals surface area contributed by atoms with Gasteiger partial charge >= 0.3 is 29.8 Å². The van der Waals surface area contributed by atoms with Gasteiger partial charge in [-0.25, -0.2) is 4.79 Å². The van der Waals surface area contributed by atoms with Crippen molar-refractivity contribution in [3.05, 3.63) is 22.8 Å². The summed E-state index contributed by atoms with van der Waals surface area (Å²) in [6, 6.07) is 0. The average Bonchev–Trinajstić information content (AvgIpc) is 3.35. The van der Waals surface area contributed by atoms with Gasteiger partial charge in [0.15, 0.2) is 0 Å². The molecule has 0 aromatic carbocycles. The Kier molecular flexibility index (Phi) is 7.44. The number of ether oxygens (including phenoxy) is 6. The summed E-state index contributed by atoms with van der Waals surface area (Å²) in [5, 5.41) is 0. The molecule has 1 saturated carbocycles. The van der Waals surface area contributed by atoms with Gasteiger partial charge in [-0.05, 0) is 26.8 Å². The number of epoxide rings is 1. The predicted octanol–water partition coefficient (Wildman–Crippen LogP) is 2.49. The van der Waals surface area contributed by atoms with E-state index in [9.17, 15) is 24.0 Å². The third-order valence-corrected chi connectivity index (χ3v) is 8.40. The van der Waals surface area contributed by atoms with E-state index in [0.717, 1.165) is 0 Å². The number of carbonyl (C=O) groups is 5. The van der Waals surface area contributed by atoms with E-state index in [1.54, 1.807) is 26.8 Å². The van der Waals surface area contributed by atoms with Crippen LogP contribution in [-0.2, 0) is 52.4 Å². The molecule has 11 nitrogen and oxygen atoms in total. The third kappa shape index (κ3) is 5.08. The van der Waals surface area contributed by atoms with Gasteiger partial charge in [0.2, 0.25) is 0 Å². The molecule has 2 heterocycles. The van der Waals surface area contributed by atoms with Crippen LogP contribution in [0.15, 0.2) is 22.8 Å². The maximum absolute atomic E-state index is 12.8. The lowest BCUT2D eigenvalue weighted by molar-refractivity contribution is -0.219. The standard InChI is InChI=1S/C28H36O11/c1-12-9-18-22(13(2)26(33)38-18)23(36-16(5)31)24-27(7,20(35-15(4)30)11-21-28(24,8)39-21)25(37-17(6)32)19(10-12)34-14(3)29/h9,18-21,23-25H,10-11H2,1-8H3/b12-9-/t18-,19+,20-,21-,23+,24+,25-,27-,28-/m1/s1. The zero-order valence-electron chi connectivity index (χ0n) is 23.5. The van der Waals surface area contributed by atoms with Crippen LogP contribution in [0.25, 0.3) is 0 Å². The molecule has 1 saturated heterocycles. The Bertz CT molecular complexity index is 1170. The van der Waals surface area contributed by atoms with Crippen LogP contribution >= 0.6 is 0 Å². The van der Waals surface area contributed by atoms with Crippen LogP contribution in [0.5, 0.6) is 0 Å². The summed E-state index contributed by atoms with van der Waals surface area (Å²) < 4.78 is 35.4. The van der Waals surface area contributed by atoms with Crippen molar-refractivity contribution in [1.82, 2.24) is 0 Å². The molecule has 4 rings (SSSR count). The highest BCUT2D eigenvalue weighted by Gasteiger charge is 2.75. The monoisotopic (exact) mass is 548 g/mol. The van der Waals surface area contributed by atoms with E-state index in [-0.39, 0.29) is 24.5 Å². The van der Waals surface area contributed by atoms with Crippen molar-refractivity contribution in [2.75, 3.05) is 0 Å². The fourth-order valence-electron chi connectivity index (χ4n) is 6.89. The average molecular weight is 549 g/mol. The van der Waals surface area contributed by atoms with E-state index >= 15 is 0 Å². The molecule has 0 radical (unpaired) electrons. The minimum Gasteiger partial charge on any atom is -0.462 e. The minimum atomic E-state index is -1.32. The van der Waals surface area contributed by atoms with Gasteiger partial charge in [-0.2, -0.15) is 0 Å². The molecule has 39 heavy (non-hydrogen) atoms. The zero-order valence-corrected chi connectivity index (χ0v) is 23.5. The molecule has 11 heteroatoms. The number of hydrogen-bond acceptors (Lipinski definition) is 11. The Labute approximate surface area is 227 Å². The highest BCUT2D eigenvalue weighted by Crippen LogP contribution is 2.64. The third-order valence-electron chi connectivity index (χ3n) is 8.40. The first-order valence-electron chi connectivity index (χ1n) is 13.0. The maximum Gasteiger partial charge on any atom is 0.334 e. The second kappa shape index (κ2) is 10.1. The molecule has 0 aromatic rings. The lowest BCUT2D eigenvalue weighted by Crippen LogP contribution is -2.65. The summed E-state index contributed by atoms with van der Waals surface area (Å²) in [5.41, 5.74) is -0.836. The largest absolute Gasteiger partial charge is 0.462 e. The Balaban J connectivity index is 2.06. The van der Waals surface area contributed by atoms with E-state index in [1.165, 1.54) is 27.7 Å². The molecule has 2 fully saturated rings. The first-order chi connectivity index (χ1) is 18.1. The molecule has 4 aliphatic rings. The Morgan fingerprint density at radius 3 is 2.05 bits per heavy atom. The van der Waals surface area contributed by atoms with Crippen molar-refractivity contribution < 1.29 is 52.4 Å². The quantitative estimate of drug-likeness (QED) is 0.221. The summed E-state index contributed by atoms with van der Waals surface area (Å²) in [4.78, 5) is 62.6. The lowest BCUT2D eigenvalue weighted by atomic mass is 9.54. The molecule has 0 unspecified atom stereocenters. The van der Waals surface area contributed by atoms with Crippen molar-refractivity contribution in [3.63, 3.8) is 0 Å². The molecule has 2 aliphatic heterocycles. The number of esters is 5. The van der Waals surface area contributed by atoms with E-state index < -0.39 is 77.3 Å². The molecule has 0 amide bonds. The van der Waals surface area contributed by atoms with E-state index in [2.05, 4.69) is 0 Å². The Morgan fingerprint density at radius 2 is 1.49 bits per heavy atom. The zero-order chi connectivity index (χ0) is 29.0. The highest BCUT2D eigenvalue weighted by atomic mass is 16.6. The summed E-state index contributed by atoms with van der Waals surface area (Å²) >= 11 is 0. The number of rotatable bonds is 4. The molecule has 0 spiro atoms. The molecule has 0 aromatic heterocycles. The van der Waals surface area contributed by atoms with Gasteiger partial charge in [0.05, 0.1) is 17.1 Å². The van der Waals surface area contributed by atoms with Crippen LogP contribution in [0.3, 0.4) is 0 Å². The SMILES string of the molecule is CC(=O)O[C@H]1C/C(C)=C\[C@H]2OC(=O)C(C)=C2[C@H](OC(C)=O)[C@@H]2[C@]3(C)O[C@@H]3C[C@@H](OC(C)=O)[C@@]2(C)[C@@H]1OC(C)=O. The molecular formula is C28H36O11. The van der Waals surface area contributed by atoms with Crippen molar-refractivity contribution in [2.24, 2.45) is 11.3 Å². The van der Waals surface area contributed by atoms with Crippen molar-refractivity contribution in [3.8, 4) is 0 Å². The number of hydrogen-bond donors (Lipinski definition) is 0. The minimum absolute atomic E-state index is 0.131. The first kappa shape index (κ1) is 28.8. The molecular weight excluding hydrogens is 512 g/mol. The summed E-state index contributed by atoms with van der Waals surface area (Å²) in [5.74, 6) is -3.80. The van der Waals surface area contributed by atoms with Gasteiger partial charge in [0, 0.05) is 57.6 Å². The van der Waals surface area contributed by atoms with Crippen LogP contribution in [-0.4, -0.2) is 72.1 Å². The van der Waals surface area contributed by atoms with Crippen LogP contribution in [0.4, 0.5) is 0 Å². The second-order valence-corrected chi connectivity index (χ2v) is 11.3. The molecule has 2 aliphatic carbocycles. The predicted molar refractivity (Wildman–Crippen MR) is 133 cm³/mol.